The molecule has 27 heavy (non-hydrogen) atoms. The zero-order valence-corrected chi connectivity index (χ0v) is 18.3. The van der Waals surface area contributed by atoms with Gasteiger partial charge in [0.1, 0.15) is 0 Å². The Hall–Kier alpha value is -1.39. The van der Waals surface area contributed by atoms with Gasteiger partial charge in [-0.05, 0) is 43.9 Å². The second kappa shape index (κ2) is 13.7. The van der Waals surface area contributed by atoms with Crippen LogP contribution in [-0.2, 0) is 6.42 Å². The molecule has 0 aliphatic heterocycles. The number of nitrogens with zero attached hydrogens (tertiary/aromatic N) is 1. The van der Waals surface area contributed by atoms with Crippen molar-refractivity contribution in [3.05, 3.63) is 23.8 Å². The molecule has 0 aliphatic carbocycles. The maximum atomic E-state index is 12.1. The van der Waals surface area contributed by atoms with Crippen molar-refractivity contribution in [3.8, 4) is 11.5 Å². The van der Waals surface area contributed by atoms with Gasteiger partial charge in [0.15, 0.2) is 17.5 Å². The minimum atomic E-state index is -4.09. The lowest BCUT2D eigenvalue weighted by molar-refractivity contribution is -0.135. The largest absolute Gasteiger partial charge is 0.493 e. The van der Waals surface area contributed by atoms with E-state index in [-0.39, 0.29) is 30.4 Å². The highest BCUT2D eigenvalue weighted by Gasteiger charge is 2.25. The molecule has 0 radical (unpaired) electrons. The van der Waals surface area contributed by atoms with Crippen molar-refractivity contribution in [2.45, 2.75) is 38.8 Å². The van der Waals surface area contributed by atoms with Gasteiger partial charge >= 0.3 is 6.18 Å². The summed E-state index contributed by atoms with van der Waals surface area (Å²) in [6.07, 6.45) is -3.60. The number of benzene rings is 1. The number of rotatable bonds is 10. The van der Waals surface area contributed by atoms with Crippen molar-refractivity contribution in [2.75, 3.05) is 33.9 Å². The van der Waals surface area contributed by atoms with E-state index >= 15 is 0 Å². The predicted octanol–water partition coefficient (Wildman–Crippen LogP) is 4.15. The van der Waals surface area contributed by atoms with E-state index in [1.807, 2.05) is 25.1 Å². The van der Waals surface area contributed by atoms with Gasteiger partial charge in [-0.1, -0.05) is 6.07 Å². The van der Waals surface area contributed by atoms with Gasteiger partial charge in [-0.15, -0.1) is 24.0 Å². The number of halogens is 4. The fraction of sp³-hybridized carbons (Fsp3) is 0.611. The van der Waals surface area contributed by atoms with Gasteiger partial charge in [0, 0.05) is 26.1 Å². The lowest BCUT2D eigenvalue weighted by atomic mass is 10.1. The third-order valence-corrected chi connectivity index (χ3v) is 3.64. The molecule has 0 aromatic heterocycles. The second-order valence-electron chi connectivity index (χ2n) is 5.70. The lowest BCUT2D eigenvalue weighted by Crippen LogP contribution is -2.38. The van der Waals surface area contributed by atoms with Gasteiger partial charge in [0.2, 0.25) is 0 Å². The van der Waals surface area contributed by atoms with Gasteiger partial charge in [0.05, 0.1) is 14.2 Å². The maximum Gasteiger partial charge on any atom is 0.389 e. The van der Waals surface area contributed by atoms with E-state index in [0.717, 1.165) is 12.0 Å². The highest BCUT2D eigenvalue weighted by atomic mass is 127. The zero-order chi connectivity index (χ0) is 19.4. The molecular formula is C18H29F3IN3O2. The van der Waals surface area contributed by atoms with Crippen LogP contribution in [0.15, 0.2) is 23.2 Å². The minimum Gasteiger partial charge on any atom is -0.493 e. The minimum absolute atomic E-state index is 0. The SMILES string of the molecule is CCNC(=NCCCCC(F)(F)F)NCCc1ccc(OC)c(OC)c1.I. The number of hydrogen-bond acceptors (Lipinski definition) is 3. The van der Waals surface area contributed by atoms with Crippen LogP contribution in [0.2, 0.25) is 0 Å². The molecule has 0 bridgehead atoms. The van der Waals surface area contributed by atoms with Crippen molar-refractivity contribution in [3.63, 3.8) is 0 Å². The maximum absolute atomic E-state index is 12.1. The van der Waals surface area contributed by atoms with Crippen LogP contribution in [0.5, 0.6) is 11.5 Å². The quantitative estimate of drug-likeness (QED) is 0.218. The molecule has 0 atom stereocenters. The number of nitrogens with one attached hydrogen (secondary N) is 2. The van der Waals surface area contributed by atoms with Crippen molar-refractivity contribution in [2.24, 2.45) is 4.99 Å². The Kier molecular flexibility index (Phi) is 13.0. The summed E-state index contributed by atoms with van der Waals surface area (Å²) in [5.74, 6) is 1.97. The third-order valence-electron chi connectivity index (χ3n) is 3.64. The molecule has 1 aromatic rings. The molecule has 0 aliphatic rings. The summed E-state index contributed by atoms with van der Waals surface area (Å²) in [5, 5.41) is 6.28. The molecule has 0 heterocycles. The average molecular weight is 503 g/mol. The summed E-state index contributed by atoms with van der Waals surface area (Å²) >= 11 is 0. The number of methoxy groups -OCH3 is 2. The number of hydrogen-bond donors (Lipinski definition) is 2. The topological polar surface area (TPSA) is 54.9 Å². The molecule has 1 aromatic carbocycles. The standard InChI is InChI=1S/C18H28F3N3O2.HI/c1-4-22-17(23-11-6-5-10-18(19,20)21)24-12-9-14-7-8-15(25-2)16(13-14)26-3;/h7-8,13H,4-6,9-12H2,1-3H3,(H2,22,23,24);1H. The first-order valence-corrected chi connectivity index (χ1v) is 8.69. The first kappa shape index (κ1) is 25.6. The average Bonchev–Trinajstić information content (AvgIpc) is 2.60. The molecule has 9 heteroatoms. The van der Waals surface area contributed by atoms with Crippen LogP contribution in [0.3, 0.4) is 0 Å². The molecule has 0 saturated carbocycles. The molecule has 0 amide bonds. The highest BCUT2D eigenvalue weighted by Crippen LogP contribution is 2.27. The summed E-state index contributed by atoms with van der Waals surface area (Å²) in [7, 11) is 3.18. The molecular weight excluding hydrogens is 474 g/mol. The van der Waals surface area contributed by atoms with Crippen LogP contribution in [-0.4, -0.2) is 46.0 Å². The second-order valence-corrected chi connectivity index (χ2v) is 5.70. The fourth-order valence-corrected chi connectivity index (χ4v) is 2.33. The third kappa shape index (κ3) is 11.1. The Labute approximate surface area is 176 Å². The van der Waals surface area contributed by atoms with Gasteiger partial charge in [-0.25, -0.2) is 0 Å². The molecule has 2 N–H and O–H groups in total. The molecule has 0 fully saturated rings. The molecule has 5 nitrogen and oxygen atoms in total. The van der Waals surface area contributed by atoms with Crippen LogP contribution in [0, 0.1) is 0 Å². The Morgan fingerprint density at radius 2 is 1.78 bits per heavy atom. The Morgan fingerprint density at radius 1 is 1.07 bits per heavy atom. The highest BCUT2D eigenvalue weighted by molar-refractivity contribution is 14.0. The normalized spacial score (nSPS) is 11.6. The van der Waals surface area contributed by atoms with Gasteiger partial charge < -0.3 is 20.1 Å². The Morgan fingerprint density at radius 3 is 2.37 bits per heavy atom. The number of alkyl halides is 3. The number of aliphatic imine (C=N–C) groups is 1. The van der Waals surface area contributed by atoms with Crippen LogP contribution < -0.4 is 20.1 Å². The van der Waals surface area contributed by atoms with E-state index in [1.165, 1.54) is 0 Å². The predicted molar refractivity (Wildman–Crippen MR) is 113 cm³/mol. The summed E-state index contributed by atoms with van der Waals surface area (Å²) < 4.78 is 46.8. The zero-order valence-electron chi connectivity index (χ0n) is 16.0. The van der Waals surface area contributed by atoms with E-state index < -0.39 is 12.6 Å². The van der Waals surface area contributed by atoms with Crippen molar-refractivity contribution in [1.82, 2.24) is 10.6 Å². The van der Waals surface area contributed by atoms with Crippen molar-refractivity contribution >= 4 is 29.9 Å². The van der Waals surface area contributed by atoms with E-state index in [4.69, 9.17) is 9.47 Å². The van der Waals surface area contributed by atoms with E-state index in [0.29, 0.717) is 43.5 Å². The molecule has 0 unspecified atom stereocenters. The van der Waals surface area contributed by atoms with Crippen molar-refractivity contribution < 1.29 is 22.6 Å². The molecule has 156 valence electrons. The van der Waals surface area contributed by atoms with Gasteiger partial charge in [-0.3, -0.25) is 4.99 Å². The van der Waals surface area contributed by atoms with E-state index in [1.54, 1.807) is 14.2 Å². The van der Waals surface area contributed by atoms with Gasteiger partial charge in [-0.2, -0.15) is 13.2 Å². The van der Waals surface area contributed by atoms with Crippen LogP contribution >= 0.6 is 24.0 Å². The molecule has 0 spiro atoms. The summed E-state index contributed by atoms with van der Waals surface area (Å²) in [5.41, 5.74) is 1.08. The Bertz CT molecular complexity index is 569. The van der Waals surface area contributed by atoms with E-state index in [2.05, 4.69) is 15.6 Å². The number of unbranched alkanes of at least 4 members (excludes halogenated alkanes) is 1. The molecule has 1 rings (SSSR count). The summed E-state index contributed by atoms with van der Waals surface area (Å²) in [6.45, 7) is 3.63. The van der Waals surface area contributed by atoms with Crippen LogP contribution in [0.4, 0.5) is 13.2 Å². The van der Waals surface area contributed by atoms with Crippen LogP contribution in [0.25, 0.3) is 0 Å². The summed E-state index contributed by atoms with van der Waals surface area (Å²) in [6, 6.07) is 5.74. The molecule has 0 saturated heterocycles. The monoisotopic (exact) mass is 503 g/mol. The van der Waals surface area contributed by atoms with Crippen molar-refractivity contribution in [1.29, 1.82) is 0 Å². The summed E-state index contributed by atoms with van der Waals surface area (Å²) in [4.78, 5) is 4.31. The first-order valence-electron chi connectivity index (χ1n) is 8.69. The van der Waals surface area contributed by atoms with E-state index in [9.17, 15) is 13.2 Å². The van der Waals surface area contributed by atoms with Gasteiger partial charge in [0.25, 0.3) is 0 Å². The smallest absolute Gasteiger partial charge is 0.389 e. The number of guanidine groups is 1. The van der Waals surface area contributed by atoms with Crippen LogP contribution in [0.1, 0.15) is 31.7 Å². The fourth-order valence-electron chi connectivity index (χ4n) is 2.33. The lowest BCUT2D eigenvalue weighted by Gasteiger charge is -2.13. The number of ether oxygens (including phenoxy) is 2. The first-order chi connectivity index (χ1) is 12.4. The Balaban J connectivity index is 0.00000676.